The third-order valence-corrected chi connectivity index (χ3v) is 3.26. The zero-order valence-electron chi connectivity index (χ0n) is 10.7. The van der Waals surface area contributed by atoms with Crippen LogP contribution in [0.1, 0.15) is 40.0 Å². The fraction of sp³-hybridized carbons (Fsp3) is 0.833. The molecular formula is C12H21NO4. The molecule has 1 fully saturated rings. The summed E-state index contributed by atoms with van der Waals surface area (Å²) in [5, 5.41) is 11.8. The summed E-state index contributed by atoms with van der Waals surface area (Å²) in [7, 11) is 0. The molecule has 0 aromatic carbocycles. The van der Waals surface area contributed by atoms with Gasteiger partial charge in [0.1, 0.15) is 5.41 Å². The second-order valence-corrected chi connectivity index (χ2v) is 5.12. The van der Waals surface area contributed by atoms with Gasteiger partial charge in [0, 0.05) is 13.2 Å². The van der Waals surface area contributed by atoms with E-state index >= 15 is 0 Å². The summed E-state index contributed by atoms with van der Waals surface area (Å²) in [5.41, 5.74) is -1.66. The van der Waals surface area contributed by atoms with Gasteiger partial charge in [0.15, 0.2) is 0 Å². The van der Waals surface area contributed by atoms with E-state index in [9.17, 15) is 9.59 Å². The van der Waals surface area contributed by atoms with E-state index in [1.165, 1.54) is 0 Å². The van der Waals surface area contributed by atoms with E-state index < -0.39 is 17.0 Å². The van der Waals surface area contributed by atoms with E-state index in [1.807, 2.05) is 20.8 Å². The maximum Gasteiger partial charge on any atom is 0.319 e. The Morgan fingerprint density at radius 3 is 2.35 bits per heavy atom. The monoisotopic (exact) mass is 243 g/mol. The van der Waals surface area contributed by atoms with Crippen molar-refractivity contribution in [2.24, 2.45) is 5.41 Å². The molecule has 0 atom stereocenters. The van der Waals surface area contributed by atoms with E-state index in [0.29, 0.717) is 26.0 Å². The SMILES string of the molecule is CCOC(C)(C)CNC(=O)C1(C(=O)O)CCC1. The number of hydrogen-bond donors (Lipinski definition) is 2. The lowest BCUT2D eigenvalue weighted by Crippen LogP contribution is -2.53. The third kappa shape index (κ3) is 2.97. The van der Waals surface area contributed by atoms with E-state index in [4.69, 9.17) is 9.84 Å². The highest BCUT2D eigenvalue weighted by Crippen LogP contribution is 2.41. The fourth-order valence-electron chi connectivity index (χ4n) is 1.97. The van der Waals surface area contributed by atoms with Crippen LogP contribution >= 0.6 is 0 Å². The van der Waals surface area contributed by atoms with Crippen molar-refractivity contribution in [3.8, 4) is 0 Å². The third-order valence-electron chi connectivity index (χ3n) is 3.26. The van der Waals surface area contributed by atoms with Crippen molar-refractivity contribution in [3.63, 3.8) is 0 Å². The smallest absolute Gasteiger partial charge is 0.319 e. The Bertz CT molecular complexity index is 308. The molecule has 0 saturated heterocycles. The summed E-state index contributed by atoms with van der Waals surface area (Å²) in [6.45, 7) is 6.51. The van der Waals surface area contributed by atoms with Crippen molar-refractivity contribution >= 4 is 11.9 Å². The second-order valence-electron chi connectivity index (χ2n) is 5.12. The largest absolute Gasteiger partial charge is 0.480 e. The van der Waals surface area contributed by atoms with Gasteiger partial charge in [0.2, 0.25) is 5.91 Å². The maximum absolute atomic E-state index is 11.9. The molecule has 2 N–H and O–H groups in total. The molecule has 1 saturated carbocycles. The van der Waals surface area contributed by atoms with Crippen LogP contribution < -0.4 is 5.32 Å². The number of nitrogens with one attached hydrogen (secondary N) is 1. The molecule has 5 nitrogen and oxygen atoms in total. The highest BCUT2D eigenvalue weighted by atomic mass is 16.5. The Labute approximate surface area is 102 Å². The van der Waals surface area contributed by atoms with Gasteiger partial charge in [0.05, 0.1) is 5.60 Å². The summed E-state index contributed by atoms with van der Waals surface area (Å²) in [5.74, 6) is -1.40. The number of carboxylic acids is 1. The van der Waals surface area contributed by atoms with E-state index in [-0.39, 0.29) is 5.91 Å². The molecule has 1 aliphatic rings. The minimum Gasteiger partial charge on any atom is -0.480 e. The predicted molar refractivity (Wildman–Crippen MR) is 62.6 cm³/mol. The number of carbonyl (C=O) groups is 2. The number of hydrogen-bond acceptors (Lipinski definition) is 3. The first-order chi connectivity index (χ1) is 7.84. The summed E-state index contributed by atoms with van der Waals surface area (Å²) in [6.07, 6.45) is 1.67. The number of carboxylic acid groups (broad SMARTS) is 1. The van der Waals surface area contributed by atoms with Crippen LogP contribution in [0.5, 0.6) is 0 Å². The molecule has 0 unspecified atom stereocenters. The van der Waals surface area contributed by atoms with Gasteiger partial charge in [-0.3, -0.25) is 9.59 Å². The van der Waals surface area contributed by atoms with Crippen LogP contribution in [0.4, 0.5) is 0 Å². The predicted octanol–water partition coefficient (Wildman–Crippen LogP) is 1.17. The Balaban J connectivity index is 2.52. The Kier molecular flexibility index (Phi) is 4.14. The van der Waals surface area contributed by atoms with Crippen LogP contribution in [0.25, 0.3) is 0 Å². The topological polar surface area (TPSA) is 75.6 Å². The molecule has 0 aliphatic heterocycles. The minimum atomic E-state index is -1.19. The lowest BCUT2D eigenvalue weighted by atomic mass is 9.68. The van der Waals surface area contributed by atoms with Gasteiger partial charge in [-0.15, -0.1) is 0 Å². The lowest BCUT2D eigenvalue weighted by Gasteiger charge is -2.37. The highest BCUT2D eigenvalue weighted by molar-refractivity contribution is 6.02. The number of carbonyl (C=O) groups excluding carboxylic acids is 1. The molecule has 17 heavy (non-hydrogen) atoms. The molecule has 1 aliphatic carbocycles. The van der Waals surface area contributed by atoms with Gasteiger partial charge >= 0.3 is 5.97 Å². The Morgan fingerprint density at radius 1 is 1.41 bits per heavy atom. The Morgan fingerprint density at radius 2 is 2.00 bits per heavy atom. The van der Waals surface area contributed by atoms with Crippen LogP contribution in [-0.4, -0.2) is 35.7 Å². The van der Waals surface area contributed by atoms with Gasteiger partial charge in [-0.2, -0.15) is 0 Å². The van der Waals surface area contributed by atoms with Crippen molar-refractivity contribution in [1.82, 2.24) is 5.32 Å². The summed E-state index contributed by atoms with van der Waals surface area (Å²) in [4.78, 5) is 23.0. The zero-order valence-corrected chi connectivity index (χ0v) is 10.7. The van der Waals surface area contributed by atoms with Gasteiger partial charge in [0.25, 0.3) is 0 Å². The average Bonchev–Trinajstić information content (AvgIpc) is 2.12. The summed E-state index contributed by atoms with van der Waals surface area (Å²) < 4.78 is 5.44. The van der Waals surface area contributed by atoms with Crippen LogP contribution in [0.15, 0.2) is 0 Å². The summed E-state index contributed by atoms with van der Waals surface area (Å²) in [6, 6.07) is 0. The first-order valence-corrected chi connectivity index (χ1v) is 6.00. The molecule has 0 heterocycles. The number of aliphatic carboxylic acids is 1. The number of amides is 1. The van der Waals surface area contributed by atoms with Gasteiger partial charge in [-0.05, 0) is 33.6 Å². The Hall–Kier alpha value is -1.10. The molecular weight excluding hydrogens is 222 g/mol. The van der Waals surface area contributed by atoms with E-state index in [1.54, 1.807) is 0 Å². The molecule has 0 aromatic heterocycles. The van der Waals surface area contributed by atoms with Crippen molar-refractivity contribution in [2.45, 2.75) is 45.6 Å². The fourth-order valence-corrected chi connectivity index (χ4v) is 1.97. The van der Waals surface area contributed by atoms with Gasteiger partial charge in [-0.25, -0.2) is 0 Å². The van der Waals surface area contributed by atoms with Crippen LogP contribution in [0.3, 0.4) is 0 Å². The zero-order chi connectivity index (χ0) is 13.1. The molecule has 0 aromatic rings. The highest BCUT2D eigenvalue weighted by Gasteiger charge is 2.51. The lowest BCUT2D eigenvalue weighted by molar-refractivity contribution is -0.162. The molecule has 1 rings (SSSR count). The maximum atomic E-state index is 11.9. The van der Waals surface area contributed by atoms with Crippen LogP contribution in [0.2, 0.25) is 0 Å². The summed E-state index contributed by atoms with van der Waals surface area (Å²) >= 11 is 0. The first kappa shape index (κ1) is 14.0. The molecule has 0 radical (unpaired) electrons. The molecule has 1 amide bonds. The van der Waals surface area contributed by atoms with Crippen molar-refractivity contribution in [2.75, 3.05) is 13.2 Å². The van der Waals surface area contributed by atoms with Crippen molar-refractivity contribution < 1.29 is 19.4 Å². The van der Waals surface area contributed by atoms with Crippen molar-refractivity contribution in [1.29, 1.82) is 0 Å². The molecule has 0 bridgehead atoms. The van der Waals surface area contributed by atoms with E-state index in [2.05, 4.69) is 5.32 Å². The number of rotatable bonds is 6. The minimum absolute atomic E-state index is 0.328. The average molecular weight is 243 g/mol. The standard InChI is InChI=1S/C12H21NO4/c1-4-17-11(2,3)8-13-9(14)12(10(15)16)6-5-7-12/h4-8H2,1-3H3,(H,13,14)(H,15,16). The number of ether oxygens (including phenoxy) is 1. The quantitative estimate of drug-likeness (QED) is 0.687. The van der Waals surface area contributed by atoms with Gasteiger partial charge < -0.3 is 15.2 Å². The van der Waals surface area contributed by atoms with Crippen molar-refractivity contribution in [3.05, 3.63) is 0 Å². The normalized spacial score (nSPS) is 18.3. The van der Waals surface area contributed by atoms with Gasteiger partial charge in [-0.1, -0.05) is 6.42 Å². The van der Waals surface area contributed by atoms with E-state index in [0.717, 1.165) is 6.42 Å². The van der Waals surface area contributed by atoms with Crippen LogP contribution in [-0.2, 0) is 14.3 Å². The second kappa shape index (κ2) is 5.04. The molecule has 98 valence electrons. The first-order valence-electron chi connectivity index (χ1n) is 6.00. The van der Waals surface area contributed by atoms with Crippen LogP contribution in [0, 0.1) is 5.41 Å². The molecule has 5 heteroatoms. The molecule has 0 spiro atoms.